The Kier molecular flexibility index (Phi) is 3.75. The fraction of sp³-hybridized carbons (Fsp3) is 0.154. The van der Waals surface area contributed by atoms with E-state index in [-0.39, 0.29) is 0 Å². The van der Waals surface area contributed by atoms with E-state index in [0.29, 0.717) is 0 Å². The fourth-order valence-corrected chi connectivity index (χ4v) is 4.49. The minimum absolute atomic E-state index is 0.893. The number of aryl methyl sites for hydroxylation is 1. The molecule has 0 saturated carbocycles. The second kappa shape index (κ2) is 6.28. The average Bonchev–Trinajstić information content (AvgIpc) is 2.73. The Morgan fingerprint density at radius 2 is 1.26 bits per heavy atom. The third kappa shape index (κ3) is 2.39. The van der Waals surface area contributed by atoms with Crippen molar-refractivity contribution in [2.45, 2.75) is 26.7 Å². The summed E-state index contributed by atoms with van der Waals surface area (Å²) in [4.78, 5) is 0. The molecule has 0 spiro atoms. The third-order valence-electron chi connectivity index (χ3n) is 5.66. The molecule has 0 atom stereocenters. The molecule has 132 valence electrons. The molecule has 0 aliphatic heterocycles. The minimum Gasteiger partial charge on any atom is -0.456 e. The number of ether oxygens (including phenoxy) is 1. The maximum Gasteiger partial charge on any atom is 0.138 e. The summed E-state index contributed by atoms with van der Waals surface area (Å²) < 4.78 is 6.50. The monoisotopic (exact) mass is 350 g/mol. The number of hydrogen-bond donors (Lipinski definition) is 0. The van der Waals surface area contributed by atoms with Gasteiger partial charge < -0.3 is 4.74 Å². The van der Waals surface area contributed by atoms with Gasteiger partial charge in [0.25, 0.3) is 0 Å². The lowest BCUT2D eigenvalue weighted by molar-refractivity contribution is 0.482. The van der Waals surface area contributed by atoms with Gasteiger partial charge in [-0.05, 0) is 63.7 Å². The highest BCUT2D eigenvalue weighted by molar-refractivity contribution is 6.25. The van der Waals surface area contributed by atoms with E-state index in [0.717, 1.165) is 24.3 Å². The van der Waals surface area contributed by atoms with Crippen LogP contribution in [0.2, 0.25) is 0 Å². The van der Waals surface area contributed by atoms with E-state index in [9.17, 15) is 0 Å². The van der Waals surface area contributed by atoms with Crippen LogP contribution in [0.1, 0.15) is 25.0 Å². The van der Waals surface area contributed by atoms with E-state index in [1.165, 1.54) is 43.4 Å². The van der Waals surface area contributed by atoms with Gasteiger partial charge in [-0.2, -0.15) is 0 Å². The van der Waals surface area contributed by atoms with Crippen LogP contribution in [-0.2, 0) is 12.8 Å². The maximum absolute atomic E-state index is 6.50. The lowest BCUT2D eigenvalue weighted by atomic mass is 9.87. The molecule has 1 heteroatoms. The van der Waals surface area contributed by atoms with Crippen LogP contribution in [0.5, 0.6) is 11.5 Å². The predicted octanol–water partition coefficient (Wildman–Crippen LogP) is 7.50. The van der Waals surface area contributed by atoms with Gasteiger partial charge in [-0.25, -0.2) is 0 Å². The lowest BCUT2D eigenvalue weighted by Gasteiger charge is -2.21. The molecule has 0 amide bonds. The van der Waals surface area contributed by atoms with Gasteiger partial charge in [0.15, 0.2) is 0 Å². The first kappa shape index (κ1) is 16.1. The SMILES string of the molecule is CCc1c(CC)c2ccc3cccc4ccc(c1Oc1ccccc1)c2c34. The van der Waals surface area contributed by atoms with Crippen LogP contribution >= 0.6 is 0 Å². The molecule has 0 aromatic heterocycles. The van der Waals surface area contributed by atoms with Crippen LogP contribution < -0.4 is 4.74 Å². The van der Waals surface area contributed by atoms with E-state index < -0.39 is 0 Å². The summed E-state index contributed by atoms with van der Waals surface area (Å²) in [7, 11) is 0. The Bertz CT molecular complexity index is 1240. The normalized spacial score (nSPS) is 11.6. The number of rotatable bonds is 4. The van der Waals surface area contributed by atoms with Crippen molar-refractivity contribution in [1.82, 2.24) is 0 Å². The van der Waals surface area contributed by atoms with Crippen molar-refractivity contribution in [2.24, 2.45) is 0 Å². The topological polar surface area (TPSA) is 9.23 Å². The summed E-state index contributed by atoms with van der Waals surface area (Å²) >= 11 is 0. The van der Waals surface area contributed by atoms with Crippen molar-refractivity contribution in [3.8, 4) is 11.5 Å². The molecule has 0 radical (unpaired) electrons. The van der Waals surface area contributed by atoms with Gasteiger partial charge in [0.1, 0.15) is 11.5 Å². The van der Waals surface area contributed by atoms with E-state index in [2.05, 4.69) is 56.3 Å². The molecule has 5 aromatic rings. The third-order valence-corrected chi connectivity index (χ3v) is 5.66. The molecular formula is C26H22O. The molecule has 1 nitrogen and oxygen atoms in total. The first-order chi connectivity index (χ1) is 13.3. The molecular weight excluding hydrogens is 328 g/mol. The fourth-order valence-electron chi connectivity index (χ4n) is 4.49. The Morgan fingerprint density at radius 3 is 1.93 bits per heavy atom. The predicted molar refractivity (Wildman–Crippen MR) is 115 cm³/mol. The summed E-state index contributed by atoms with van der Waals surface area (Å²) in [5.74, 6) is 1.91. The molecule has 27 heavy (non-hydrogen) atoms. The molecule has 0 aliphatic rings. The zero-order chi connectivity index (χ0) is 18.4. The van der Waals surface area contributed by atoms with E-state index in [4.69, 9.17) is 4.74 Å². The summed E-state index contributed by atoms with van der Waals surface area (Å²) in [6.45, 7) is 4.47. The first-order valence-corrected chi connectivity index (χ1v) is 9.76. The van der Waals surface area contributed by atoms with Gasteiger partial charge >= 0.3 is 0 Å². The standard InChI is InChI=1S/C26H22O/c1-3-20-21(4-2)26(27-19-11-6-5-7-12-19)23-16-14-18-10-8-9-17-13-15-22(20)25(23)24(17)18/h5-16H,3-4H2,1-2H3. The zero-order valence-electron chi connectivity index (χ0n) is 15.8. The molecule has 0 N–H and O–H groups in total. The van der Waals surface area contributed by atoms with Crippen LogP contribution in [0.4, 0.5) is 0 Å². The molecule has 0 bridgehead atoms. The Balaban J connectivity index is 1.95. The van der Waals surface area contributed by atoms with Gasteiger partial charge in [-0.1, -0.05) is 68.4 Å². The quantitative estimate of drug-likeness (QED) is 0.305. The van der Waals surface area contributed by atoms with E-state index >= 15 is 0 Å². The van der Waals surface area contributed by atoms with Crippen LogP contribution in [0.3, 0.4) is 0 Å². The Hall–Kier alpha value is -3.06. The molecule has 5 rings (SSSR count). The second-order valence-corrected chi connectivity index (χ2v) is 7.09. The summed E-state index contributed by atoms with van der Waals surface area (Å²) in [6.07, 6.45) is 1.96. The van der Waals surface area contributed by atoms with Gasteiger partial charge in [0, 0.05) is 10.8 Å². The number of para-hydroxylation sites is 1. The number of benzene rings is 5. The van der Waals surface area contributed by atoms with Crippen molar-refractivity contribution < 1.29 is 4.74 Å². The Morgan fingerprint density at radius 1 is 0.593 bits per heavy atom. The van der Waals surface area contributed by atoms with Crippen molar-refractivity contribution >= 4 is 32.3 Å². The molecule has 0 heterocycles. The molecule has 5 aromatic carbocycles. The molecule has 0 saturated heterocycles. The highest BCUT2D eigenvalue weighted by Gasteiger charge is 2.19. The molecule has 0 unspecified atom stereocenters. The van der Waals surface area contributed by atoms with Gasteiger partial charge in [-0.3, -0.25) is 0 Å². The van der Waals surface area contributed by atoms with Crippen LogP contribution in [0, 0.1) is 0 Å². The summed E-state index contributed by atoms with van der Waals surface area (Å²) in [6, 6.07) is 25.7. The summed E-state index contributed by atoms with van der Waals surface area (Å²) in [5, 5.41) is 7.86. The van der Waals surface area contributed by atoms with Crippen LogP contribution in [0.25, 0.3) is 32.3 Å². The van der Waals surface area contributed by atoms with E-state index in [1.807, 2.05) is 30.3 Å². The smallest absolute Gasteiger partial charge is 0.138 e. The number of hydrogen-bond acceptors (Lipinski definition) is 1. The largest absolute Gasteiger partial charge is 0.456 e. The highest BCUT2D eigenvalue weighted by atomic mass is 16.5. The highest BCUT2D eigenvalue weighted by Crippen LogP contribution is 2.44. The maximum atomic E-state index is 6.50. The average molecular weight is 350 g/mol. The van der Waals surface area contributed by atoms with Gasteiger partial charge in [-0.15, -0.1) is 0 Å². The van der Waals surface area contributed by atoms with Crippen molar-refractivity contribution in [3.63, 3.8) is 0 Å². The van der Waals surface area contributed by atoms with Crippen LogP contribution in [-0.4, -0.2) is 0 Å². The Labute approximate surface area is 159 Å². The van der Waals surface area contributed by atoms with Crippen molar-refractivity contribution in [1.29, 1.82) is 0 Å². The molecule has 0 fully saturated rings. The zero-order valence-corrected chi connectivity index (χ0v) is 15.8. The molecule has 0 aliphatic carbocycles. The first-order valence-electron chi connectivity index (χ1n) is 9.76. The second-order valence-electron chi connectivity index (χ2n) is 7.09. The van der Waals surface area contributed by atoms with Crippen molar-refractivity contribution in [2.75, 3.05) is 0 Å². The lowest BCUT2D eigenvalue weighted by Crippen LogP contribution is -2.00. The van der Waals surface area contributed by atoms with Crippen LogP contribution in [0.15, 0.2) is 72.8 Å². The van der Waals surface area contributed by atoms with Gasteiger partial charge in [0.2, 0.25) is 0 Å². The van der Waals surface area contributed by atoms with Crippen molar-refractivity contribution in [3.05, 3.63) is 83.9 Å². The summed E-state index contributed by atoms with van der Waals surface area (Å²) in [5.41, 5.74) is 2.74. The van der Waals surface area contributed by atoms with Gasteiger partial charge in [0.05, 0.1) is 0 Å². The minimum atomic E-state index is 0.893. The van der Waals surface area contributed by atoms with E-state index in [1.54, 1.807) is 0 Å².